The lowest BCUT2D eigenvalue weighted by Gasteiger charge is -2.17. The molecule has 2 aromatic rings. The number of alkyl carbamates (subject to hydrolysis) is 1. The van der Waals surface area contributed by atoms with Crippen LogP contribution in [0.15, 0.2) is 60.7 Å². The van der Waals surface area contributed by atoms with Gasteiger partial charge in [-0.3, -0.25) is 4.79 Å². The molecule has 32 heavy (non-hydrogen) atoms. The van der Waals surface area contributed by atoms with Gasteiger partial charge in [-0.05, 0) is 54.5 Å². The van der Waals surface area contributed by atoms with E-state index in [9.17, 15) is 19.5 Å². The number of amides is 2. The van der Waals surface area contributed by atoms with Crippen LogP contribution in [0.5, 0.6) is 0 Å². The van der Waals surface area contributed by atoms with E-state index in [1.54, 1.807) is 13.0 Å². The van der Waals surface area contributed by atoms with Crippen molar-refractivity contribution in [2.24, 2.45) is 0 Å². The predicted molar refractivity (Wildman–Crippen MR) is 121 cm³/mol. The molecule has 2 aromatic carbocycles. The molecule has 0 unspecified atom stereocenters. The number of benzene rings is 2. The van der Waals surface area contributed by atoms with Gasteiger partial charge in [0.25, 0.3) is 0 Å². The summed E-state index contributed by atoms with van der Waals surface area (Å²) in [6.45, 7) is 2.33. The van der Waals surface area contributed by atoms with E-state index in [0.717, 1.165) is 22.3 Å². The largest absolute Gasteiger partial charge is 0.480 e. The molecule has 1 aliphatic rings. The first-order chi connectivity index (χ1) is 15.5. The van der Waals surface area contributed by atoms with Gasteiger partial charge in [-0.25, -0.2) is 9.59 Å². The van der Waals surface area contributed by atoms with Gasteiger partial charge in [-0.15, -0.1) is 0 Å². The summed E-state index contributed by atoms with van der Waals surface area (Å²) in [5.41, 5.74) is 4.44. The van der Waals surface area contributed by atoms with Crippen LogP contribution in [0.3, 0.4) is 0 Å². The number of unbranched alkanes of at least 4 members (excludes halogenated alkanes) is 1. The highest BCUT2D eigenvalue weighted by Gasteiger charge is 2.29. The highest BCUT2D eigenvalue weighted by atomic mass is 16.5. The summed E-state index contributed by atoms with van der Waals surface area (Å²) in [6, 6.07) is 15.0. The third kappa shape index (κ3) is 5.75. The number of carboxylic acid groups (broad SMARTS) is 1. The van der Waals surface area contributed by atoms with E-state index in [2.05, 4.69) is 22.8 Å². The Balaban J connectivity index is 1.50. The van der Waals surface area contributed by atoms with Crippen molar-refractivity contribution in [2.45, 2.75) is 38.1 Å². The molecule has 3 rings (SSSR count). The quantitative estimate of drug-likeness (QED) is 0.388. The number of nitrogens with one attached hydrogen (secondary N) is 2. The molecule has 2 amide bonds. The second-order valence-electron chi connectivity index (χ2n) is 7.65. The lowest BCUT2D eigenvalue weighted by Crippen LogP contribution is -2.41. The number of fused-ring (bicyclic) bond motifs is 3. The summed E-state index contributed by atoms with van der Waals surface area (Å²) in [5, 5.41) is 14.6. The van der Waals surface area contributed by atoms with Gasteiger partial charge in [-0.1, -0.05) is 54.6 Å². The van der Waals surface area contributed by atoms with Crippen molar-refractivity contribution < 1.29 is 24.2 Å². The van der Waals surface area contributed by atoms with E-state index in [1.807, 2.05) is 36.4 Å². The minimum Gasteiger partial charge on any atom is -0.480 e. The van der Waals surface area contributed by atoms with Gasteiger partial charge in [0.05, 0.1) is 0 Å². The molecule has 0 heterocycles. The molecular weight excluding hydrogens is 408 g/mol. The summed E-state index contributed by atoms with van der Waals surface area (Å²) < 4.78 is 5.43. The van der Waals surface area contributed by atoms with Crippen molar-refractivity contribution in [2.75, 3.05) is 13.2 Å². The Morgan fingerprint density at radius 3 is 2.25 bits per heavy atom. The first kappa shape index (κ1) is 23.1. The number of hydrogen-bond acceptors (Lipinski definition) is 4. The van der Waals surface area contributed by atoms with Crippen molar-refractivity contribution in [3.05, 3.63) is 71.8 Å². The number of carbonyl (C=O) groups excluding carboxylic acids is 2. The van der Waals surface area contributed by atoms with Gasteiger partial charge in [0.2, 0.25) is 5.91 Å². The maximum Gasteiger partial charge on any atom is 0.407 e. The molecule has 0 spiro atoms. The Morgan fingerprint density at radius 2 is 1.66 bits per heavy atom. The fraction of sp³-hybridized carbons (Fsp3) is 0.320. The Hall–Kier alpha value is -3.61. The highest BCUT2D eigenvalue weighted by Crippen LogP contribution is 2.44. The molecule has 168 valence electrons. The summed E-state index contributed by atoms with van der Waals surface area (Å²) in [4.78, 5) is 35.2. The van der Waals surface area contributed by atoms with Gasteiger partial charge < -0.3 is 20.5 Å². The number of aliphatic carboxylic acids is 1. The lowest BCUT2D eigenvalue weighted by molar-refractivity contribution is -0.139. The maximum atomic E-state index is 12.3. The van der Waals surface area contributed by atoms with Crippen LogP contribution in [0.1, 0.15) is 43.2 Å². The van der Waals surface area contributed by atoms with Crippen LogP contribution in [0.25, 0.3) is 11.1 Å². The molecule has 3 N–H and O–H groups in total. The number of carboxylic acids is 1. The predicted octanol–water partition coefficient (Wildman–Crippen LogP) is 3.84. The third-order valence-corrected chi connectivity index (χ3v) is 5.47. The van der Waals surface area contributed by atoms with Crippen molar-refractivity contribution >= 4 is 18.0 Å². The first-order valence-corrected chi connectivity index (χ1v) is 10.8. The molecule has 7 nitrogen and oxygen atoms in total. The van der Waals surface area contributed by atoms with Gasteiger partial charge in [0.1, 0.15) is 12.6 Å². The number of rotatable bonds is 10. The third-order valence-electron chi connectivity index (χ3n) is 5.47. The standard InChI is InChI=1S/C25H28N2O5/c1-2-9-23(28)26-15-8-7-14-22(24(29)30)27-25(31)32-16-21-19-12-5-3-10-17(19)18-11-4-6-13-20(18)21/h2-6,9-13,21-22H,7-8,14-16H2,1H3,(H,26,28)(H,27,31)(H,29,30)/b9-2+/t22-/m0/s1. The maximum absolute atomic E-state index is 12.3. The van der Waals surface area contributed by atoms with Crippen molar-refractivity contribution in [3.63, 3.8) is 0 Å². The molecule has 0 saturated carbocycles. The highest BCUT2D eigenvalue weighted by molar-refractivity contribution is 5.87. The van der Waals surface area contributed by atoms with Crippen molar-refractivity contribution in [3.8, 4) is 11.1 Å². The van der Waals surface area contributed by atoms with Crippen LogP contribution in [-0.4, -0.2) is 42.3 Å². The molecule has 1 atom stereocenters. The second kappa shape index (κ2) is 11.1. The van der Waals surface area contributed by atoms with Gasteiger partial charge in [-0.2, -0.15) is 0 Å². The molecule has 0 aromatic heterocycles. The van der Waals surface area contributed by atoms with Crippen molar-refractivity contribution in [1.29, 1.82) is 0 Å². The number of hydrogen-bond donors (Lipinski definition) is 3. The van der Waals surface area contributed by atoms with Gasteiger partial charge >= 0.3 is 12.1 Å². The average molecular weight is 437 g/mol. The average Bonchev–Trinajstić information content (AvgIpc) is 3.10. The van der Waals surface area contributed by atoms with E-state index < -0.39 is 18.1 Å². The van der Waals surface area contributed by atoms with Crippen molar-refractivity contribution in [1.82, 2.24) is 10.6 Å². The second-order valence-corrected chi connectivity index (χ2v) is 7.65. The van der Waals surface area contributed by atoms with Crippen LogP contribution in [0, 0.1) is 0 Å². The first-order valence-electron chi connectivity index (χ1n) is 10.8. The number of ether oxygens (including phenoxy) is 1. The molecule has 0 radical (unpaired) electrons. The molecule has 0 aliphatic heterocycles. The Bertz CT molecular complexity index is 956. The number of allylic oxidation sites excluding steroid dienone is 1. The topological polar surface area (TPSA) is 105 Å². The fourth-order valence-electron chi connectivity index (χ4n) is 3.94. The van der Waals surface area contributed by atoms with Crippen LogP contribution >= 0.6 is 0 Å². The van der Waals surface area contributed by atoms with E-state index in [1.165, 1.54) is 6.08 Å². The summed E-state index contributed by atoms with van der Waals surface area (Å²) >= 11 is 0. The molecule has 0 saturated heterocycles. The Kier molecular flexibility index (Phi) is 8.02. The van der Waals surface area contributed by atoms with E-state index in [4.69, 9.17) is 4.74 Å². The zero-order valence-corrected chi connectivity index (χ0v) is 18.0. The zero-order chi connectivity index (χ0) is 22.9. The molecule has 0 fully saturated rings. The molecule has 1 aliphatic carbocycles. The van der Waals surface area contributed by atoms with E-state index >= 15 is 0 Å². The minimum atomic E-state index is -1.11. The van der Waals surface area contributed by atoms with Gasteiger partial charge in [0, 0.05) is 12.5 Å². The van der Waals surface area contributed by atoms with Crippen LogP contribution in [0.4, 0.5) is 4.79 Å². The van der Waals surface area contributed by atoms with Gasteiger partial charge in [0.15, 0.2) is 0 Å². The normalized spacial score (nSPS) is 13.3. The fourth-order valence-corrected chi connectivity index (χ4v) is 3.94. The Labute approximate surface area is 187 Å². The summed E-state index contributed by atoms with van der Waals surface area (Å²) in [5.74, 6) is -1.38. The minimum absolute atomic E-state index is 0.0859. The SMILES string of the molecule is C/C=C/C(=O)NCCCC[C@H](NC(=O)OCC1c2ccccc2-c2ccccc21)C(=O)O. The molecule has 0 bridgehead atoms. The zero-order valence-electron chi connectivity index (χ0n) is 18.0. The monoisotopic (exact) mass is 436 g/mol. The molecular formula is C25H28N2O5. The van der Waals surface area contributed by atoms with Crippen LogP contribution in [0.2, 0.25) is 0 Å². The molecule has 7 heteroatoms. The van der Waals surface area contributed by atoms with Crippen LogP contribution < -0.4 is 10.6 Å². The Morgan fingerprint density at radius 1 is 1.03 bits per heavy atom. The smallest absolute Gasteiger partial charge is 0.407 e. The van der Waals surface area contributed by atoms with E-state index in [-0.39, 0.29) is 24.9 Å². The lowest BCUT2D eigenvalue weighted by atomic mass is 9.98. The van der Waals surface area contributed by atoms with Crippen LogP contribution in [-0.2, 0) is 14.3 Å². The number of carbonyl (C=O) groups is 3. The summed E-state index contributed by atoms with van der Waals surface area (Å²) in [6.07, 6.45) is 3.72. The summed E-state index contributed by atoms with van der Waals surface area (Å²) in [7, 11) is 0. The van der Waals surface area contributed by atoms with E-state index in [0.29, 0.717) is 19.4 Å².